The van der Waals surface area contributed by atoms with E-state index in [1.54, 1.807) is 0 Å². The third-order valence-electron chi connectivity index (χ3n) is 11.6. The first-order chi connectivity index (χ1) is 38.8. The first-order valence-electron chi connectivity index (χ1n) is 25.5. The number of nitrogens with zero attached hydrogens (tertiary/aromatic N) is 1. The van der Waals surface area contributed by atoms with Crippen molar-refractivity contribution < 1.29 is 112 Å². The number of primary amides is 1. The Morgan fingerprint density at radius 3 is 0.892 bits per heavy atom. The van der Waals surface area contributed by atoms with Crippen LogP contribution in [0.1, 0.15) is 116 Å². The van der Waals surface area contributed by atoms with Crippen molar-refractivity contribution in [1.82, 2.24) is 42.5 Å². The number of carboxylic acid groups (broad SMARTS) is 7. The first kappa shape index (κ1) is 73.7. The van der Waals surface area contributed by atoms with Gasteiger partial charge in [-0.1, -0.05) is 0 Å². The zero-order valence-electron chi connectivity index (χ0n) is 44.8. The Hall–Kier alpha value is -9.29. The van der Waals surface area contributed by atoms with Gasteiger partial charge in [-0.05, 0) is 77.2 Å². The van der Waals surface area contributed by atoms with Crippen molar-refractivity contribution >= 4 is 101 Å². The maximum atomic E-state index is 14.1. The predicted molar refractivity (Wildman–Crippen MR) is 279 cm³/mol. The molecule has 0 spiro atoms. The van der Waals surface area contributed by atoms with Crippen LogP contribution in [0, 0.1) is 0 Å². The molecule has 9 atom stereocenters. The summed E-state index contributed by atoms with van der Waals surface area (Å²) in [7, 11) is 0. The predicted octanol–water partition coefficient (Wildman–Crippen LogP) is -7.48. The zero-order chi connectivity index (χ0) is 63.5. The monoisotopic (exact) mass is 1190 g/mol. The van der Waals surface area contributed by atoms with Crippen molar-refractivity contribution in [2.75, 3.05) is 13.1 Å². The molecule has 0 rings (SSSR count). The topological polar surface area (TPSA) is 653 Å². The van der Waals surface area contributed by atoms with Gasteiger partial charge in [0, 0.05) is 45.1 Å². The Bertz CT molecular complexity index is 2370. The number of unbranched alkanes of at least 4 members (excludes halogenated alkanes) is 1. The highest BCUT2D eigenvalue weighted by Crippen LogP contribution is 2.11. The zero-order valence-corrected chi connectivity index (χ0v) is 44.8. The first-order valence-corrected chi connectivity index (χ1v) is 25.5. The van der Waals surface area contributed by atoms with Gasteiger partial charge in [-0.2, -0.15) is 0 Å². The van der Waals surface area contributed by atoms with E-state index < -0.39 is 245 Å². The number of carbonyl (C=O) groups excluding carboxylic acids is 9. The summed E-state index contributed by atoms with van der Waals surface area (Å²) in [5.74, 6) is -22.6. The fourth-order valence-corrected chi connectivity index (χ4v) is 7.21. The number of amides is 9. The normalized spacial score (nSPS) is 14.0. The van der Waals surface area contributed by atoms with Crippen LogP contribution in [0.2, 0.25) is 0 Å². The summed E-state index contributed by atoms with van der Waals surface area (Å²) in [5, 5.41) is 83.0. The lowest BCUT2D eigenvalue weighted by atomic mass is 10.0. The van der Waals surface area contributed by atoms with Crippen molar-refractivity contribution in [2.45, 2.75) is 170 Å². The van der Waals surface area contributed by atoms with Crippen LogP contribution in [0.15, 0.2) is 4.99 Å². The summed E-state index contributed by atoms with van der Waals surface area (Å²) in [6.45, 7) is -0.0407. The van der Waals surface area contributed by atoms with Gasteiger partial charge in [-0.15, -0.1) is 0 Å². The van der Waals surface area contributed by atoms with Gasteiger partial charge in [0.05, 0.1) is 12.5 Å². The van der Waals surface area contributed by atoms with Gasteiger partial charge in [-0.25, -0.2) is 4.79 Å². The highest BCUT2D eigenvalue weighted by atomic mass is 16.4. The Balaban J connectivity index is 7.15. The Morgan fingerprint density at radius 2 is 0.602 bits per heavy atom. The van der Waals surface area contributed by atoms with Gasteiger partial charge in [0.1, 0.15) is 48.3 Å². The molecule has 466 valence electrons. The molecule has 0 saturated heterocycles. The minimum Gasteiger partial charge on any atom is -0.481 e. The van der Waals surface area contributed by atoms with E-state index in [2.05, 4.69) is 47.5 Å². The van der Waals surface area contributed by atoms with Gasteiger partial charge in [0.15, 0.2) is 5.96 Å². The van der Waals surface area contributed by atoms with Crippen LogP contribution in [0.5, 0.6) is 0 Å². The van der Waals surface area contributed by atoms with E-state index in [-0.39, 0.29) is 32.4 Å². The second kappa shape index (κ2) is 39.2. The SMILES string of the molecule is NCCCC[C@H](NC(=O)[C@H](CCC(=O)O)NC(=O)[C@H](CC(N)=O)NC(=O)[C@H](CCCN=C(N)N)NC(=O)[C@H](CCC(=O)O)NC(=O)[C@H](CCC(=O)O)NC(=O)[C@H](CCC(=O)O)NC(=O)[C@H](CCC(=O)O)NC(=O)[C@@H](N)CCC(=O)O)C(=O)O. The number of aliphatic imine (C=N–C) groups is 1. The lowest BCUT2D eigenvalue weighted by Crippen LogP contribution is -2.60. The number of rotatable bonds is 45. The second-order valence-electron chi connectivity index (χ2n) is 18.4. The van der Waals surface area contributed by atoms with E-state index in [9.17, 15) is 107 Å². The quantitative estimate of drug-likeness (QED) is 0.0153. The van der Waals surface area contributed by atoms with E-state index in [0.717, 1.165) is 0 Å². The lowest BCUT2D eigenvalue weighted by Gasteiger charge is -2.28. The maximum Gasteiger partial charge on any atom is 0.326 e. The molecule has 0 fully saturated rings. The number of carbonyl (C=O) groups is 16. The molecule has 37 nitrogen and oxygen atoms in total. The van der Waals surface area contributed by atoms with E-state index in [4.69, 9.17) is 33.8 Å². The van der Waals surface area contributed by atoms with Crippen LogP contribution in [-0.4, -0.2) is 204 Å². The number of hydrogen-bond acceptors (Lipinski definition) is 19. The Kier molecular flexibility index (Phi) is 34.8. The van der Waals surface area contributed by atoms with Crippen molar-refractivity contribution in [2.24, 2.45) is 33.7 Å². The fraction of sp³-hybridized carbons (Fsp3) is 0.630. The Labute approximate surface area is 471 Å². The number of hydrogen-bond donors (Lipinski definition) is 20. The number of aliphatic carboxylic acids is 7. The molecule has 9 amide bonds. The molecule has 0 heterocycles. The lowest BCUT2D eigenvalue weighted by molar-refractivity contribution is -0.143. The molecule has 0 aromatic carbocycles. The number of nitrogens with one attached hydrogen (secondary N) is 8. The van der Waals surface area contributed by atoms with Crippen LogP contribution in [0.3, 0.4) is 0 Å². The summed E-state index contributed by atoms with van der Waals surface area (Å²) in [4.78, 5) is 206. The number of guanidine groups is 1. The molecule has 83 heavy (non-hydrogen) atoms. The van der Waals surface area contributed by atoms with Crippen molar-refractivity contribution in [3.63, 3.8) is 0 Å². The standard InChI is InChI=1S/C46H74N14O23/c47-18-2-1-4-28(45(82)83)59-43(80)27(11-17-36(72)73)58-44(81)29(20-30(49)61)60-38(75)22(5-3-19-52-46(50)51)54-40(77)24(8-14-33(66)67)56-42(79)26(10-16-35(70)71)57-41(78)25(9-15-34(68)69)55-39(76)23(7-13-32(64)65)53-37(74)21(48)6-12-31(62)63/h21-29H,1-20,47-48H2,(H2,49,61)(H,53,74)(H,54,77)(H,55,76)(H,56,79)(H,57,78)(H,58,81)(H,59,80)(H,60,75)(H,62,63)(H,64,65)(H,66,67)(H,68,69)(H,70,71)(H,72,73)(H,82,83)(H4,50,51,52)/t21-,22-,23-,24-,25-,26-,27-,28-,29-/m0/s1. The minimum atomic E-state index is -2.03. The van der Waals surface area contributed by atoms with E-state index in [1.807, 2.05) is 0 Å². The van der Waals surface area contributed by atoms with E-state index >= 15 is 0 Å². The molecule has 0 aromatic rings. The van der Waals surface area contributed by atoms with E-state index in [0.29, 0.717) is 6.42 Å². The molecule has 0 saturated carbocycles. The van der Waals surface area contributed by atoms with Gasteiger partial charge in [-0.3, -0.25) is 76.9 Å². The second-order valence-corrected chi connectivity index (χ2v) is 18.4. The average molecular weight is 1190 g/mol. The Morgan fingerprint density at radius 1 is 0.337 bits per heavy atom. The fourth-order valence-electron chi connectivity index (χ4n) is 7.21. The molecular formula is C46H74N14O23. The van der Waals surface area contributed by atoms with Crippen molar-refractivity contribution in [3.05, 3.63) is 0 Å². The van der Waals surface area contributed by atoms with Crippen molar-refractivity contribution in [1.29, 1.82) is 0 Å². The largest absolute Gasteiger partial charge is 0.481 e. The van der Waals surface area contributed by atoms with Crippen molar-refractivity contribution in [3.8, 4) is 0 Å². The molecule has 0 aliphatic carbocycles. The molecule has 0 aromatic heterocycles. The van der Waals surface area contributed by atoms with Gasteiger partial charge >= 0.3 is 41.8 Å². The molecule has 0 bridgehead atoms. The van der Waals surface area contributed by atoms with Gasteiger partial charge in [0.25, 0.3) is 0 Å². The molecule has 37 heteroatoms. The summed E-state index contributed by atoms with van der Waals surface area (Å²) in [5.41, 5.74) is 27.3. The number of nitrogens with two attached hydrogens (primary N) is 5. The average Bonchev–Trinajstić information content (AvgIpc) is 3.45. The summed E-state index contributed by atoms with van der Waals surface area (Å²) in [6, 6.07) is -16.6. The molecule has 0 aliphatic heterocycles. The van der Waals surface area contributed by atoms with Crippen LogP contribution in [0.4, 0.5) is 0 Å². The third-order valence-corrected chi connectivity index (χ3v) is 11.6. The molecule has 25 N–H and O–H groups in total. The van der Waals surface area contributed by atoms with Crippen LogP contribution < -0.4 is 71.2 Å². The molecule has 0 unspecified atom stereocenters. The third kappa shape index (κ3) is 33.2. The minimum absolute atomic E-state index is 0.127. The maximum absolute atomic E-state index is 14.1. The van der Waals surface area contributed by atoms with Crippen LogP contribution in [0.25, 0.3) is 0 Å². The highest BCUT2D eigenvalue weighted by Gasteiger charge is 2.36. The number of carboxylic acids is 7. The van der Waals surface area contributed by atoms with Gasteiger partial charge in [0.2, 0.25) is 53.2 Å². The summed E-state index contributed by atoms with van der Waals surface area (Å²) in [6.07, 6.45) is -10.2. The van der Waals surface area contributed by atoms with Crippen LogP contribution in [-0.2, 0) is 76.7 Å². The van der Waals surface area contributed by atoms with Crippen LogP contribution >= 0.6 is 0 Å². The molecule has 0 radical (unpaired) electrons. The summed E-state index contributed by atoms with van der Waals surface area (Å²) >= 11 is 0. The summed E-state index contributed by atoms with van der Waals surface area (Å²) < 4.78 is 0. The molecular weight excluding hydrogens is 1120 g/mol. The van der Waals surface area contributed by atoms with Gasteiger partial charge < -0.3 is 107 Å². The van der Waals surface area contributed by atoms with E-state index in [1.165, 1.54) is 0 Å². The molecule has 0 aliphatic rings. The smallest absolute Gasteiger partial charge is 0.326 e. The highest BCUT2D eigenvalue weighted by molar-refractivity contribution is 5.99.